The van der Waals surface area contributed by atoms with Crippen LogP contribution in [0, 0.1) is 0 Å². The van der Waals surface area contributed by atoms with Crippen LogP contribution in [0.2, 0.25) is 0 Å². The first-order valence-corrected chi connectivity index (χ1v) is 3.03. The molecule has 0 aromatic heterocycles. The summed E-state index contributed by atoms with van der Waals surface area (Å²) in [6, 6.07) is 0. The van der Waals surface area contributed by atoms with Crippen LogP contribution in [0.15, 0.2) is 12.7 Å². The number of nitrogens with two attached hydrogens (primary N) is 1. The van der Waals surface area contributed by atoms with Crippen molar-refractivity contribution in [2.24, 2.45) is 5.73 Å². The molecule has 3 nitrogen and oxygen atoms in total. The average Bonchev–Trinajstić information content (AvgIpc) is 1.87. The van der Waals surface area contributed by atoms with Crippen molar-refractivity contribution < 1.29 is 5.11 Å². The van der Waals surface area contributed by atoms with E-state index in [1.807, 2.05) is 6.92 Å². The van der Waals surface area contributed by atoms with Crippen LogP contribution in [0.4, 0.5) is 0 Å². The third-order valence-corrected chi connectivity index (χ3v) is 1.05. The monoisotopic (exact) mass is 130 g/mol. The van der Waals surface area contributed by atoms with Crippen LogP contribution in [-0.4, -0.2) is 17.5 Å². The molecule has 0 bridgehead atoms. The van der Waals surface area contributed by atoms with E-state index < -0.39 is 6.23 Å². The third kappa shape index (κ3) is 4.14. The molecule has 0 saturated carbocycles. The Balaban J connectivity index is 3.33. The van der Waals surface area contributed by atoms with E-state index >= 15 is 0 Å². The second kappa shape index (κ2) is 4.49. The fraction of sp³-hybridized carbons (Fsp3) is 0.667. The highest BCUT2D eigenvalue weighted by Crippen LogP contribution is 1.83. The summed E-state index contributed by atoms with van der Waals surface area (Å²) in [5, 5.41) is 11.5. The van der Waals surface area contributed by atoms with Gasteiger partial charge in [-0.15, -0.1) is 0 Å². The van der Waals surface area contributed by atoms with Crippen molar-refractivity contribution in [3.05, 3.63) is 12.7 Å². The van der Waals surface area contributed by atoms with Gasteiger partial charge in [-0.2, -0.15) is 0 Å². The highest BCUT2D eigenvalue weighted by Gasteiger charge is 2.00. The Kier molecular flexibility index (Phi) is 4.30. The second-order valence-electron chi connectivity index (χ2n) is 1.86. The molecule has 3 heteroatoms. The summed E-state index contributed by atoms with van der Waals surface area (Å²) in [5.41, 5.74) is 5.43. The van der Waals surface area contributed by atoms with Gasteiger partial charge in [-0.25, -0.2) is 0 Å². The normalized spacial score (nSPS) is 16.8. The number of rotatable bonds is 4. The minimum atomic E-state index is -0.681. The molecule has 0 aromatic carbocycles. The van der Waals surface area contributed by atoms with Gasteiger partial charge in [0, 0.05) is 0 Å². The van der Waals surface area contributed by atoms with Gasteiger partial charge in [0.2, 0.25) is 0 Å². The number of nitrogens with one attached hydrogen (secondary N) is 1. The van der Waals surface area contributed by atoms with Crippen LogP contribution in [0.3, 0.4) is 0 Å². The molecule has 0 rings (SSSR count). The van der Waals surface area contributed by atoms with Gasteiger partial charge < -0.3 is 10.8 Å². The Hall–Kier alpha value is -0.380. The van der Waals surface area contributed by atoms with Gasteiger partial charge in [-0.1, -0.05) is 13.5 Å². The van der Waals surface area contributed by atoms with Crippen molar-refractivity contribution in [2.75, 3.05) is 0 Å². The minimum Gasteiger partial charge on any atom is -0.375 e. The maximum Gasteiger partial charge on any atom is 0.125 e. The summed E-state index contributed by atoms with van der Waals surface area (Å²) < 4.78 is 0. The largest absolute Gasteiger partial charge is 0.375 e. The molecule has 2 unspecified atom stereocenters. The Morgan fingerprint density at radius 1 is 1.89 bits per heavy atom. The average molecular weight is 130 g/mol. The summed E-state index contributed by atoms with van der Waals surface area (Å²) >= 11 is 0. The van der Waals surface area contributed by atoms with E-state index in [1.54, 1.807) is 0 Å². The van der Waals surface area contributed by atoms with Gasteiger partial charge in [0.1, 0.15) is 6.23 Å². The predicted molar refractivity (Wildman–Crippen MR) is 37.6 cm³/mol. The maximum atomic E-state index is 8.85. The van der Waals surface area contributed by atoms with Crippen LogP contribution in [-0.2, 0) is 0 Å². The Bertz CT molecular complexity index is 85.1. The summed E-state index contributed by atoms with van der Waals surface area (Å²) in [6.07, 6.45) is 1.37. The molecule has 54 valence electrons. The Morgan fingerprint density at radius 3 is 2.78 bits per heavy atom. The van der Waals surface area contributed by atoms with Gasteiger partial charge in [0.25, 0.3) is 0 Å². The topological polar surface area (TPSA) is 58.3 Å². The highest BCUT2D eigenvalue weighted by molar-refractivity contribution is 4.77. The molecule has 0 aromatic rings. The summed E-state index contributed by atoms with van der Waals surface area (Å²) in [4.78, 5) is 0. The Labute approximate surface area is 55.6 Å². The SMILES string of the molecule is C=CC(O)NC(N)CC. The van der Waals surface area contributed by atoms with Gasteiger partial charge >= 0.3 is 0 Å². The molecule has 0 aliphatic heterocycles. The molecule has 0 radical (unpaired) electrons. The van der Waals surface area contributed by atoms with Gasteiger partial charge in [-0.05, 0) is 12.5 Å². The minimum absolute atomic E-state index is 0.141. The van der Waals surface area contributed by atoms with E-state index in [-0.39, 0.29) is 6.17 Å². The molecule has 0 saturated heterocycles. The number of hydrogen-bond acceptors (Lipinski definition) is 3. The second-order valence-corrected chi connectivity index (χ2v) is 1.86. The molecular weight excluding hydrogens is 116 g/mol. The molecule has 2 atom stereocenters. The first-order chi connectivity index (χ1) is 4.20. The molecular formula is C6H14N2O. The van der Waals surface area contributed by atoms with Gasteiger partial charge in [0.05, 0.1) is 6.17 Å². The molecule has 0 spiro atoms. The lowest BCUT2D eigenvalue weighted by Crippen LogP contribution is -2.42. The molecule has 4 N–H and O–H groups in total. The number of aliphatic hydroxyl groups is 1. The lowest BCUT2D eigenvalue weighted by Gasteiger charge is -2.13. The van der Waals surface area contributed by atoms with Crippen molar-refractivity contribution in [1.29, 1.82) is 0 Å². The maximum absolute atomic E-state index is 8.85. The smallest absolute Gasteiger partial charge is 0.125 e. The van der Waals surface area contributed by atoms with Gasteiger partial charge in [0.15, 0.2) is 0 Å². The zero-order chi connectivity index (χ0) is 7.28. The van der Waals surface area contributed by atoms with Crippen LogP contribution >= 0.6 is 0 Å². The van der Waals surface area contributed by atoms with Crippen LogP contribution in [0.5, 0.6) is 0 Å². The zero-order valence-corrected chi connectivity index (χ0v) is 5.67. The third-order valence-electron chi connectivity index (χ3n) is 1.05. The molecule has 0 amide bonds. The van der Waals surface area contributed by atoms with Crippen LogP contribution < -0.4 is 11.1 Å². The molecule has 0 aliphatic carbocycles. The lowest BCUT2D eigenvalue weighted by molar-refractivity contribution is 0.167. The molecule has 9 heavy (non-hydrogen) atoms. The highest BCUT2D eigenvalue weighted by atomic mass is 16.3. The van der Waals surface area contributed by atoms with E-state index in [1.165, 1.54) is 6.08 Å². The standard InChI is InChI=1S/C6H14N2O/c1-3-5(7)8-6(9)4-2/h4-6,8-9H,2-3,7H2,1H3. The fourth-order valence-electron chi connectivity index (χ4n) is 0.405. The fourth-order valence-corrected chi connectivity index (χ4v) is 0.405. The van der Waals surface area contributed by atoms with Crippen molar-refractivity contribution in [3.63, 3.8) is 0 Å². The zero-order valence-electron chi connectivity index (χ0n) is 5.67. The molecule has 0 fully saturated rings. The van der Waals surface area contributed by atoms with E-state index in [2.05, 4.69) is 11.9 Å². The summed E-state index contributed by atoms with van der Waals surface area (Å²) in [7, 11) is 0. The van der Waals surface area contributed by atoms with E-state index in [4.69, 9.17) is 10.8 Å². The van der Waals surface area contributed by atoms with E-state index in [9.17, 15) is 0 Å². The van der Waals surface area contributed by atoms with Crippen molar-refractivity contribution in [1.82, 2.24) is 5.32 Å². The summed E-state index contributed by atoms with van der Waals surface area (Å²) in [5.74, 6) is 0. The van der Waals surface area contributed by atoms with E-state index in [0.29, 0.717) is 0 Å². The predicted octanol–water partition coefficient (Wildman–Crippen LogP) is -0.225. The van der Waals surface area contributed by atoms with Crippen molar-refractivity contribution in [2.45, 2.75) is 25.7 Å². The lowest BCUT2D eigenvalue weighted by atomic mass is 10.4. The van der Waals surface area contributed by atoms with E-state index in [0.717, 1.165) is 6.42 Å². The summed E-state index contributed by atoms with van der Waals surface area (Å²) in [6.45, 7) is 5.32. The van der Waals surface area contributed by atoms with Crippen LogP contribution in [0.25, 0.3) is 0 Å². The van der Waals surface area contributed by atoms with Gasteiger partial charge in [-0.3, -0.25) is 5.32 Å². The number of hydrogen-bond donors (Lipinski definition) is 3. The van der Waals surface area contributed by atoms with Crippen LogP contribution in [0.1, 0.15) is 13.3 Å². The first kappa shape index (κ1) is 8.62. The quantitative estimate of drug-likeness (QED) is 0.364. The van der Waals surface area contributed by atoms with Crippen molar-refractivity contribution in [3.8, 4) is 0 Å². The van der Waals surface area contributed by atoms with Crippen molar-refractivity contribution >= 4 is 0 Å². The molecule has 0 heterocycles. The number of aliphatic hydroxyl groups excluding tert-OH is 1. The molecule has 0 aliphatic rings. The first-order valence-electron chi connectivity index (χ1n) is 3.03. The Morgan fingerprint density at radius 2 is 2.44 bits per heavy atom.